The van der Waals surface area contributed by atoms with Gasteiger partial charge in [-0.1, -0.05) is 42.1 Å². The topological polar surface area (TPSA) is 50.7 Å². The molecule has 1 aromatic carbocycles. The van der Waals surface area contributed by atoms with E-state index in [2.05, 4.69) is 10.3 Å². The second-order valence-corrected chi connectivity index (χ2v) is 6.58. The maximum atomic E-state index is 12.0. The normalized spacial score (nSPS) is 24.1. The molecule has 0 saturated carbocycles. The highest BCUT2D eigenvalue weighted by Gasteiger charge is 2.35. The number of carbonyl (C=O) groups excluding carboxylic acids is 1. The molecule has 1 atom stereocenters. The van der Waals surface area contributed by atoms with E-state index in [9.17, 15) is 4.79 Å². The molecule has 2 aliphatic heterocycles. The number of amidine groups is 1. The minimum atomic E-state index is -0.394. The smallest absolute Gasteiger partial charge is 0.249 e. The number of hydrogen-bond donors (Lipinski definition) is 1. The largest absolute Gasteiger partial charge is 0.354 e. The van der Waals surface area contributed by atoms with Gasteiger partial charge >= 0.3 is 0 Å². The lowest BCUT2D eigenvalue weighted by molar-refractivity contribution is -0.115. The van der Waals surface area contributed by atoms with E-state index in [1.807, 2.05) is 30.3 Å². The summed E-state index contributed by atoms with van der Waals surface area (Å²) in [6.45, 7) is 0.767. The standard InChI is InChI=1S/C17H20N2O2S.ClH/c20-15(9-8-14-6-2-1-3-7-14)18-16-19-17(11-13-22-16)10-4-5-12-21-17;/h1-3,6-9H,4-5,10-13H2,(H,18,19,20);1H/b9-8+;. The van der Waals surface area contributed by atoms with Crippen LogP contribution in [0, 0.1) is 0 Å². The molecule has 2 heterocycles. The maximum Gasteiger partial charge on any atom is 0.249 e. The highest BCUT2D eigenvalue weighted by Crippen LogP contribution is 2.34. The van der Waals surface area contributed by atoms with E-state index in [0.717, 1.165) is 43.6 Å². The molecule has 1 aromatic rings. The summed E-state index contributed by atoms with van der Waals surface area (Å²) in [5, 5.41) is 3.54. The number of aliphatic imine (C=N–C) groups is 1. The van der Waals surface area contributed by atoms with E-state index in [0.29, 0.717) is 5.17 Å². The zero-order valence-corrected chi connectivity index (χ0v) is 14.5. The third-order valence-corrected chi connectivity index (χ3v) is 4.70. The summed E-state index contributed by atoms with van der Waals surface area (Å²) in [6.07, 6.45) is 7.47. The molecule has 0 aromatic heterocycles. The van der Waals surface area contributed by atoms with Crippen LogP contribution in [0.2, 0.25) is 0 Å². The van der Waals surface area contributed by atoms with Crippen molar-refractivity contribution in [2.24, 2.45) is 4.99 Å². The minimum Gasteiger partial charge on any atom is -0.354 e. The summed E-state index contributed by atoms with van der Waals surface area (Å²) in [7, 11) is 0. The fourth-order valence-corrected chi connectivity index (χ4v) is 3.67. The van der Waals surface area contributed by atoms with Crippen molar-refractivity contribution >= 4 is 41.3 Å². The Morgan fingerprint density at radius 3 is 2.83 bits per heavy atom. The molecule has 1 amide bonds. The predicted octanol–water partition coefficient (Wildman–Crippen LogP) is 3.63. The van der Waals surface area contributed by atoms with Gasteiger partial charge in [-0.05, 0) is 30.9 Å². The van der Waals surface area contributed by atoms with Crippen molar-refractivity contribution < 1.29 is 9.53 Å². The van der Waals surface area contributed by atoms with Crippen LogP contribution < -0.4 is 5.32 Å². The number of thioether (sulfide) groups is 1. The molecular weight excluding hydrogens is 332 g/mol. The maximum absolute atomic E-state index is 12.0. The average molecular weight is 353 g/mol. The Morgan fingerprint density at radius 1 is 1.26 bits per heavy atom. The van der Waals surface area contributed by atoms with Crippen LogP contribution >= 0.6 is 24.2 Å². The predicted molar refractivity (Wildman–Crippen MR) is 97.9 cm³/mol. The summed E-state index contributed by atoms with van der Waals surface area (Å²) < 4.78 is 5.88. The molecule has 0 aliphatic carbocycles. The first-order valence-corrected chi connectivity index (χ1v) is 8.65. The van der Waals surface area contributed by atoms with Crippen molar-refractivity contribution in [2.45, 2.75) is 31.4 Å². The van der Waals surface area contributed by atoms with E-state index >= 15 is 0 Å². The van der Waals surface area contributed by atoms with Crippen molar-refractivity contribution in [3.8, 4) is 0 Å². The summed E-state index contributed by atoms with van der Waals surface area (Å²) >= 11 is 1.58. The molecule has 1 saturated heterocycles. The van der Waals surface area contributed by atoms with Crippen LogP contribution in [0.5, 0.6) is 0 Å². The Labute approximate surface area is 147 Å². The number of hydrogen-bond acceptors (Lipinski definition) is 4. The quantitative estimate of drug-likeness (QED) is 0.827. The summed E-state index contributed by atoms with van der Waals surface area (Å²) in [4.78, 5) is 16.7. The van der Waals surface area contributed by atoms with Gasteiger partial charge in [-0.25, -0.2) is 4.99 Å². The molecule has 1 unspecified atom stereocenters. The molecular formula is C17H21ClN2O2S. The van der Waals surface area contributed by atoms with Gasteiger partial charge in [0.05, 0.1) is 0 Å². The van der Waals surface area contributed by atoms with Crippen molar-refractivity contribution in [2.75, 3.05) is 12.4 Å². The van der Waals surface area contributed by atoms with Crippen LogP contribution in [0.3, 0.4) is 0 Å². The van der Waals surface area contributed by atoms with Crippen molar-refractivity contribution in [3.05, 3.63) is 42.0 Å². The van der Waals surface area contributed by atoms with Gasteiger partial charge in [-0.3, -0.25) is 4.79 Å². The molecule has 23 heavy (non-hydrogen) atoms. The number of ether oxygens (including phenoxy) is 1. The van der Waals surface area contributed by atoms with E-state index in [4.69, 9.17) is 4.74 Å². The van der Waals surface area contributed by atoms with Gasteiger partial charge in [0.25, 0.3) is 0 Å². The SMILES string of the molecule is Cl.O=C(/C=C/c1ccccc1)NC1=NC2(CCCCO2)CCS1. The summed E-state index contributed by atoms with van der Waals surface area (Å²) in [5.41, 5.74) is 0.609. The third kappa shape index (κ3) is 5.09. The highest BCUT2D eigenvalue weighted by molar-refractivity contribution is 8.13. The molecule has 3 rings (SSSR count). The number of nitrogens with one attached hydrogen (secondary N) is 1. The molecule has 2 aliphatic rings. The number of carbonyl (C=O) groups is 1. The third-order valence-electron chi connectivity index (χ3n) is 3.83. The van der Waals surface area contributed by atoms with Crippen molar-refractivity contribution in [3.63, 3.8) is 0 Å². The molecule has 6 heteroatoms. The number of halogens is 1. The van der Waals surface area contributed by atoms with Gasteiger partial charge in [0.15, 0.2) is 10.9 Å². The fourth-order valence-electron chi connectivity index (χ4n) is 2.65. The zero-order valence-electron chi connectivity index (χ0n) is 12.9. The van der Waals surface area contributed by atoms with Gasteiger partial charge in [-0.2, -0.15) is 0 Å². The zero-order chi connectivity index (χ0) is 15.3. The van der Waals surface area contributed by atoms with Crippen molar-refractivity contribution in [1.82, 2.24) is 5.32 Å². The van der Waals surface area contributed by atoms with Crippen LogP contribution in [-0.4, -0.2) is 29.2 Å². The Balaban J connectivity index is 0.00000192. The van der Waals surface area contributed by atoms with Gasteiger partial charge in [0.2, 0.25) is 5.91 Å². The lowest BCUT2D eigenvalue weighted by Gasteiger charge is -2.36. The molecule has 1 fully saturated rings. The molecule has 1 spiro atoms. The van der Waals surface area contributed by atoms with Gasteiger partial charge in [0, 0.05) is 24.9 Å². The summed E-state index contributed by atoms with van der Waals surface area (Å²) in [6, 6.07) is 9.77. The first-order chi connectivity index (χ1) is 10.8. The first kappa shape index (κ1) is 18.0. The van der Waals surface area contributed by atoms with Crippen LogP contribution in [0.1, 0.15) is 31.2 Å². The van der Waals surface area contributed by atoms with Crippen LogP contribution in [0.15, 0.2) is 41.4 Å². The van der Waals surface area contributed by atoms with Gasteiger partial charge in [0.1, 0.15) is 0 Å². The molecule has 0 bridgehead atoms. The lowest BCUT2D eigenvalue weighted by Crippen LogP contribution is -2.41. The van der Waals surface area contributed by atoms with Crippen LogP contribution in [-0.2, 0) is 9.53 Å². The second kappa shape index (κ2) is 8.52. The highest BCUT2D eigenvalue weighted by atomic mass is 35.5. The molecule has 0 radical (unpaired) electrons. The molecule has 1 N–H and O–H groups in total. The number of nitrogens with zero attached hydrogens (tertiary/aromatic N) is 1. The Kier molecular flexibility index (Phi) is 6.69. The van der Waals surface area contributed by atoms with E-state index in [-0.39, 0.29) is 18.3 Å². The lowest BCUT2D eigenvalue weighted by atomic mass is 10.0. The number of rotatable bonds is 2. The Morgan fingerprint density at radius 2 is 2.09 bits per heavy atom. The Hall–Kier alpha value is -1.30. The van der Waals surface area contributed by atoms with E-state index in [1.165, 1.54) is 0 Å². The molecule has 4 nitrogen and oxygen atoms in total. The minimum absolute atomic E-state index is 0. The number of benzene rings is 1. The molecule has 124 valence electrons. The van der Waals surface area contributed by atoms with E-state index in [1.54, 1.807) is 23.9 Å². The van der Waals surface area contributed by atoms with Crippen LogP contribution in [0.4, 0.5) is 0 Å². The number of amides is 1. The monoisotopic (exact) mass is 352 g/mol. The first-order valence-electron chi connectivity index (χ1n) is 7.67. The summed E-state index contributed by atoms with van der Waals surface area (Å²) in [5.74, 6) is 0.782. The van der Waals surface area contributed by atoms with E-state index < -0.39 is 5.72 Å². The Bertz CT molecular complexity index is 584. The van der Waals surface area contributed by atoms with Gasteiger partial charge < -0.3 is 10.1 Å². The second-order valence-electron chi connectivity index (χ2n) is 5.50. The van der Waals surface area contributed by atoms with Crippen LogP contribution in [0.25, 0.3) is 6.08 Å². The van der Waals surface area contributed by atoms with Gasteiger partial charge in [-0.15, -0.1) is 12.4 Å². The fraction of sp³-hybridized carbons (Fsp3) is 0.412. The van der Waals surface area contributed by atoms with Crippen molar-refractivity contribution in [1.29, 1.82) is 0 Å². The average Bonchev–Trinajstić information content (AvgIpc) is 2.55.